The van der Waals surface area contributed by atoms with Crippen molar-refractivity contribution in [1.29, 1.82) is 0 Å². The van der Waals surface area contributed by atoms with Crippen LogP contribution in [0.3, 0.4) is 0 Å². The van der Waals surface area contributed by atoms with Crippen LogP contribution < -0.4 is 5.73 Å². The molecule has 0 aromatic carbocycles. The van der Waals surface area contributed by atoms with E-state index < -0.39 is 0 Å². The summed E-state index contributed by atoms with van der Waals surface area (Å²) in [6, 6.07) is 0.0729. The molecule has 0 amide bonds. The third-order valence-corrected chi connectivity index (χ3v) is 4.51. The van der Waals surface area contributed by atoms with E-state index in [1.54, 1.807) is 7.11 Å². The number of nitrogens with zero attached hydrogens (tertiary/aromatic N) is 2. The molecule has 2 rings (SSSR count). The molecular formula is C13H22BrN3O. The van der Waals surface area contributed by atoms with Crippen molar-refractivity contribution >= 4 is 15.9 Å². The first-order valence-electron chi connectivity index (χ1n) is 6.59. The lowest BCUT2D eigenvalue weighted by molar-refractivity contribution is 0.181. The summed E-state index contributed by atoms with van der Waals surface area (Å²) < 4.78 is 8.11. The van der Waals surface area contributed by atoms with E-state index in [1.165, 1.54) is 19.3 Å². The molecule has 0 aliphatic heterocycles. The molecule has 0 radical (unpaired) electrons. The smallest absolute Gasteiger partial charge is 0.0697 e. The molecule has 18 heavy (non-hydrogen) atoms. The third kappa shape index (κ3) is 2.95. The van der Waals surface area contributed by atoms with Crippen molar-refractivity contribution in [2.45, 2.75) is 38.8 Å². The normalized spacial score (nSPS) is 25.6. The highest BCUT2D eigenvalue weighted by Crippen LogP contribution is 2.39. The van der Waals surface area contributed by atoms with Crippen molar-refractivity contribution in [3.05, 3.63) is 16.4 Å². The van der Waals surface area contributed by atoms with Gasteiger partial charge in [-0.1, -0.05) is 13.3 Å². The van der Waals surface area contributed by atoms with E-state index in [0.29, 0.717) is 12.5 Å². The van der Waals surface area contributed by atoms with Gasteiger partial charge in [-0.2, -0.15) is 5.10 Å². The Kier molecular flexibility index (Phi) is 4.81. The van der Waals surface area contributed by atoms with Gasteiger partial charge in [0.25, 0.3) is 0 Å². The van der Waals surface area contributed by atoms with E-state index in [1.807, 2.05) is 10.9 Å². The van der Waals surface area contributed by atoms with Gasteiger partial charge in [-0.05, 0) is 40.6 Å². The van der Waals surface area contributed by atoms with Crippen LogP contribution in [0.25, 0.3) is 0 Å². The average Bonchev–Trinajstić information content (AvgIpc) is 2.92. The molecule has 3 unspecified atom stereocenters. The molecule has 1 aromatic heterocycles. The van der Waals surface area contributed by atoms with Crippen molar-refractivity contribution in [2.24, 2.45) is 17.6 Å². The third-order valence-electron chi connectivity index (χ3n) is 3.90. The molecule has 102 valence electrons. The van der Waals surface area contributed by atoms with Crippen molar-refractivity contribution in [2.75, 3.05) is 13.7 Å². The fourth-order valence-corrected chi connectivity index (χ4v) is 3.42. The van der Waals surface area contributed by atoms with Gasteiger partial charge in [-0.3, -0.25) is 4.68 Å². The van der Waals surface area contributed by atoms with Crippen molar-refractivity contribution in [3.63, 3.8) is 0 Å². The first-order valence-corrected chi connectivity index (χ1v) is 7.38. The Balaban J connectivity index is 2.13. The van der Waals surface area contributed by atoms with Crippen LogP contribution in [0, 0.1) is 11.8 Å². The van der Waals surface area contributed by atoms with Crippen LogP contribution in [0.4, 0.5) is 0 Å². The maximum absolute atomic E-state index is 6.45. The highest BCUT2D eigenvalue weighted by Gasteiger charge is 2.30. The van der Waals surface area contributed by atoms with E-state index in [4.69, 9.17) is 10.5 Å². The Morgan fingerprint density at radius 2 is 2.39 bits per heavy atom. The molecule has 1 aliphatic carbocycles. The van der Waals surface area contributed by atoms with Gasteiger partial charge in [0.15, 0.2) is 0 Å². The Morgan fingerprint density at radius 3 is 3.00 bits per heavy atom. The van der Waals surface area contributed by atoms with E-state index >= 15 is 0 Å². The zero-order chi connectivity index (χ0) is 13.1. The zero-order valence-corrected chi connectivity index (χ0v) is 12.7. The number of hydrogen-bond acceptors (Lipinski definition) is 3. The molecule has 5 heteroatoms. The van der Waals surface area contributed by atoms with Gasteiger partial charge in [0, 0.05) is 7.11 Å². The number of nitrogens with two attached hydrogens (primary N) is 1. The zero-order valence-electron chi connectivity index (χ0n) is 11.1. The quantitative estimate of drug-likeness (QED) is 0.909. The summed E-state index contributed by atoms with van der Waals surface area (Å²) >= 11 is 3.57. The number of aromatic nitrogens is 2. The van der Waals surface area contributed by atoms with E-state index in [2.05, 4.69) is 28.0 Å². The number of methoxy groups -OCH3 is 1. The Labute approximate surface area is 117 Å². The lowest BCUT2D eigenvalue weighted by Crippen LogP contribution is -2.24. The molecule has 1 saturated carbocycles. The van der Waals surface area contributed by atoms with Gasteiger partial charge in [0.05, 0.1) is 35.6 Å². The minimum atomic E-state index is 0.0729. The maximum atomic E-state index is 6.45. The van der Waals surface area contributed by atoms with Gasteiger partial charge >= 0.3 is 0 Å². The molecule has 4 nitrogen and oxygen atoms in total. The van der Waals surface area contributed by atoms with Crippen molar-refractivity contribution < 1.29 is 4.74 Å². The number of ether oxygens (including phenoxy) is 1. The van der Waals surface area contributed by atoms with E-state index in [-0.39, 0.29) is 6.04 Å². The summed E-state index contributed by atoms with van der Waals surface area (Å²) in [7, 11) is 1.71. The van der Waals surface area contributed by atoms with Gasteiger partial charge in [0.2, 0.25) is 0 Å². The van der Waals surface area contributed by atoms with Crippen LogP contribution in [-0.2, 0) is 11.3 Å². The minimum absolute atomic E-state index is 0.0729. The number of hydrogen-bond donors (Lipinski definition) is 1. The van der Waals surface area contributed by atoms with Crippen molar-refractivity contribution in [1.82, 2.24) is 9.78 Å². The summed E-state index contributed by atoms with van der Waals surface area (Å²) in [6.07, 6.45) is 5.58. The fraction of sp³-hybridized carbons (Fsp3) is 0.769. The van der Waals surface area contributed by atoms with Crippen LogP contribution in [0.15, 0.2) is 10.7 Å². The SMILES string of the molecule is COCCn1ncc(Br)c1C(N)C1CCC(C)C1. The monoisotopic (exact) mass is 315 g/mol. The summed E-state index contributed by atoms with van der Waals surface area (Å²) in [4.78, 5) is 0. The topological polar surface area (TPSA) is 53.1 Å². The van der Waals surface area contributed by atoms with Crippen molar-refractivity contribution in [3.8, 4) is 0 Å². The molecule has 0 spiro atoms. The van der Waals surface area contributed by atoms with Crippen LogP contribution in [0.2, 0.25) is 0 Å². The molecule has 1 aromatic rings. The molecule has 1 heterocycles. The summed E-state index contributed by atoms with van der Waals surface area (Å²) in [5.74, 6) is 1.38. The first kappa shape index (κ1) is 14.0. The molecule has 0 saturated heterocycles. The predicted octanol–water partition coefficient (Wildman–Crippen LogP) is 2.73. The second-order valence-corrected chi connectivity index (χ2v) is 6.15. The van der Waals surface area contributed by atoms with Crippen LogP contribution in [-0.4, -0.2) is 23.5 Å². The Morgan fingerprint density at radius 1 is 1.61 bits per heavy atom. The van der Waals surface area contributed by atoms with Crippen LogP contribution in [0.5, 0.6) is 0 Å². The largest absolute Gasteiger partial charge is 0.383 e. The Bertz CT molecular complexity index is 394. The number of rotatable bonds is 5. The van der Waals surface area contributed by atoms with Crippen LogP contribution in [0.1, 0.15) is 37.9 Å². The first-order chi connectivity index (χ1) is 8.63. The molecule has 3 atom stereocenters. The van der Waals surface area contributed by atoms with Gasteiger partial charge in [-0.25, -0.2) is 0 Å². The van der Waals surface area contributed by atoms with Gasteiger partial charge in [-0.15, -0.1) is 0 Å². The molecular weight excluding hydrogens is 294 g/mol. The second kappa shape index (κ2) is 6.17. The second-order valence-electron chi connectivity index (χ2n) is 5.30. The van der Waals surface area contributed by atoms with Gasteiger partial charge in [0.1, 0.15) is 0 Å². The lowest BCUT2D eigenvalue weighted by Gasteiger charge is -2.21. The van der Waals surface area contributed by atoms with E-state index in [9.17, 15) is 0 Å². The summed E-state index contributed by atoms with van der Waals surface area (Å²) in [5, 5.41) is 4.37. The van der Waals surface area contributed by atoms with Crippen LogP contribution >= 0.6 is 15.9 Å². The lowest BCUT2D eigenvalue weighted by atomic mass is 9.95. The highest BCUT2D eigenvalue weighted by atomic mass is 79.9. The van der Waals surface area contributed by atoms with E-state index in [0.717, 1.165) is 22.6 Å². The summed E-state index contributed by atoms with van der Waals surface area (Å²) in [6.45, 7) is 3.73. The average molecular weight is 316 g/mol. The molecule has 0 bridgehead atoms. The summed E-state index contributed by atoms with van der Waals surface area (Å²) in [5.41, 5.74) is 7.57. The van der Waals surface area contributed by atoms with Gasteiger partial charge < -0.3 is 10.5 Å². The molecule has 1 fully saturated rings. The Hall–Kier alpha value is -0.390. The maximum Gasteiger partial charge on any atom is 0.0697 e. The molecule has 2 N–H and O–H groups in total. The standard InChI is InChI=1S/C13H22BrN3O/c1-9-3-4-10(7-9)12(15)13-11(14)8-16-17(13)5-6-18-2/h8-10,12H,3-7,15H2,1-2H3. The minimum Gasteiger partial charge on any atom is -0.383 e. The highest BCUT2D eigenvalue weighted by molar-refractivity contribution is 9.10. The number of halogens is 1. The fourth-order valence-electron chi connectivity index (χ4n) is 2.86. The predicted molar refractivity (Wildman–Crippen MR) is 75.2 cm³/mol. The molecule has 1 aliphatic rings.